The number of amides is 1. The van der Waals surface area contributed by atoms with E-state index < -0.39 is 30.1 Å². The van der Waals surface area contributed by atoms with Gasteiger partial charge >= 0.3 is 18.1 Å². The van der Waals surface area contributed by atoms with Crippen molar-refractivity contribution in [1.29, 1.82) is 0 Å². The van der Waals surface area contributed by atoms with Gasteiger partial charge in [-0.2, -0.15) is 13.2 Å². The predicted octanol–water partition coefficient (Wildman–Crippen LogP) is 3.12. The second-order valence-electron chi connectivity index (χ2n) is 7.37. The number of fused-ring (bicyclic) bond motifs is 1. The second kappa shape index (κ2) is 9.23. The van der Waals surface area contributed by atoms with E-state index in [4.69, 9.17) is 10.8 Å². The van der Waals surface area contributed by atoms with Gasteiger partial charge < -0.3 is 25.5 Å². The zero-order chi connectivity index (χ0) is 24.3. The van der Waals surface area contributed by atoms with Gasteiger partial charge in [-0.1, -0.05) is 18.2 Å². The van der Waals surface area contributed by atoms with E-state index in [1.807, 2.05) is 0 Å². The van der Waals surface area contributed by atoms with Crippen molar-refractivity contribution in [3.63, 3.8) is 0 Å². The number of nitrogens with zero attached hydrogens (tertiary/aromatic N) is 1. The molecule has 8 nitrogen and oxygen atoms in total. The Labute approximate surface area is 185 Å². The molecule has 0 fully saturated rings. The Morgan fingerprint density at radius 3 is 2.52 bits per heavy atom. The molecule has 3 aromatic rings. The fourth-order valence-electron chi connectivity index (χ4n) is 3.33. The van der Waals surface area contributed by atoms with Crippen molar-refractivity contribution in [3.8, 4) is 0 Å². The molecule has 0 saturated carbocycles. The molecule has 0 aliphatic rings. The highest BCUT2D eigenvalue weighted by atomic mass is 19.4. The fourth-order valence-corrected chi connectivity index (χ4v) is 3.33. The third-order valence-electron chi connectivity index (χ3n) is 5.01. The maximum Gasteiger partial charge on any atom is 0.490 e. The summed E-state index contributed by atoms with van der Waals surface area (Å²) >= 11 is 0. The van der Waals surface area contributed by atoms with Crippen LogP contribution in [0.15, 0.2) is 48.7 Å². The number of alkyl halides is 3. The first-order valence-corrected chi connectivity index (χ1v) is 9.67. The molecule has 0 aliphatic carbocycles. The number of hydrogen-bond donors (Lipinski definition) is 3. The number of aromatic nitrogens is 1. The van der Waals surface area contributed by atoms with Gasteiger partial charge in [0.05, 0.1) is 5.56 Å². The normalized spacial score (nSPS) is 12.4. The molecule has 0 radical (unpaired) electrons. The summed E-state index contributed by atoms with van der Waals surface area (Å²) in [6, 6.07) is 10.9. The van der Waals surface area contributed by atoms with Gasteiger partial charge in [0.2, 0.25) is 0 Å². The van der Waals surface area contributed by atoms with Crippen molar-refractivity contribution < 1.29 is 37.4 Å². The Balaban J connectivity index is 1.87. The second-order valence-corrected chi connectivity index (χ2v) is 7.37. The topological polar surface area (TPSA) is 126 Å². The average molecular weight is 463 g/mol. The number of carbonyl (C=O) groups excluding carboxylic acids is 2. The van der Waals surface area contributed by atoms with E-state index in [2.05, 4.69) is 9.72 Å². The summed E-state index contributed by atoms with van der Waals surface area (Å²) in [7, 11) is 1.29. The minimum Gasteiger partial charge on any atom is -0.478 e. The van der Waals surface area contributed by atoms with Crippen LogP contribution in [0.2, 0.25) is 0 Å². The molecule has 0 saturated heterocycles. The number of carbonyl (C=O) groups is 3. The summed E-state index contributed by atoms with van der Waals surface area (Å²) in [5.41, 5.74) is 7.44. The molecule has 1 heterocycles. The number of aromatic amines is 1. The number of aromatic carboxylic acids is 1. The van der Waals surface area contributed by atoms with Crippen LogP contribution >= 0.6 is 0 Å². The zero-order valence-corrected chi connectivity index (χ0v) is 17.3. The minimum atomic E-state index is -5.28. The lowest BCUT2D eigenvalue weighted by Gasteiger charge is -2.25. The van der Waals surface area contributed by atoms with Crippen LogP contribution in [-0.4, -0.2) is 52.2 Å². The van der Waals surface area contributed by atoms with E-state index in [1.165, 1.54) is 31.4 Å². The summed E-state index contributed by atoms with van der Waals surface area (Å²) in [6.07, 6.45) is -5.83. The number of nitrogens with two attached hydrogens (primary N) is 1. The van der Waals surface area contributed by atoms with Crippen LogP contribution in [0.5, 0.6) is 0 Å². The number of rotatable bonds is 7. The van der Waals surface area contributed by atoms with Crippen molar-refractivity contribution in [2.45, 2.75) is 25.2 Å². The van der Waals surface area contributed by atoms with Crippen LogP contribution < -0.4 is 5.73 Å². The largest absolute Gasteiger partial charge is 0.490 e. The Morgan fingerprint density at radius 1 is 1.15 bits per heavy atom. The van der Waals surface area contributed by atoms with Gasteiger partial charge in [0.15, 0.2) is 6.10 Å². The lowest BCUT2D eigenvalue weighted by atomic mass is 10.0. The third-order valence-corrected chi connectivity index (χ3v) is 5.01. The molecular weight excluding hydrogens is 443 g/mol. The number of likely N-dealkylation sites (N-methyl/N-ethyl adjacent to an activating group) is 1. The molecule has 1 atom stereocenters. The quantitative estimate of drug-likeness (QED) is 0.365. The molecule has 0 spiro atoms. The van der Waals surface area contributed by atoms with E-state index in [0.717, 1.165) is 4.90 Å². The molecule has 174 valence electrons. The van der Waals surface area contributed by atoms with Gasteiger partial charge in [-0.15, -0.1) is 0 Å². The number of anilines is 1. The number of para-hydroxylation sites is 1. The van der Waals surface area contributed by atoms with Crippen molar-refractivity contribution in [1.82, 2.24) is 9.88 Å². The zero-order valence-electron chi connectivity index (χ0n) is 17.3. The predicted molar refractivity (Wildman–Crippen MR) is 112 cm³/mol. The summed E-state index contributed by atoms with van der Waals surface area (Å²) in [5.74, 6) is -4.60. The van der Waals surface area contributed by atoms with Gasteiger partial charge in [-0.05, 0) is 35.4 Å². The summed E-state index contributed by atoms with van der Waals surface area (Å²) < 4.78 is 43.1. The van der Waals surface area contributed by atoms with Crippen LogP contribution in [0.3, 0.4) is 0 Å². The Kier molecular flexibility index (Phi) is 6.61. The lowest BCUT2D eigenvalue weighted by Crippen LogP contribution is -2.42. The SMILES string of the molecule is CN(Cc1cc(C(=O)O)ccc1N)C(=O)C(Cc1c[nH]c2ccccc12)OC(=O)C(F)(F)F. The van der Waals surface area contributed by atoms with Crippen LogP contribution in [0.1, 0.15) is 21.5 Å². The number of hydrogen-bond acceptors (Lipinski definition) is 5. The molecule has 1 aromatic heterocycles. The molecule has 1 unspecified atom stereocenters. The number of nitrogens with one attached hydrogen (secondary N) is 1. The summed E-state index contributed by atoms with van der Waals surface area (Å²) in [5, 5.41) is 9.82. The molecule has 0 bridgehead atoms. The first-order chi connectivity index (χ1) is 15.5. The van der Waals surface area contributed by atoms with Crippen molar-refractivity contribution in [2.75, 3.05) is 12.8 Å². The number of carboxylic acids is 1. The van der Waals surface area contributed by atoms with Crippen LogP contribution in [0, 0.1) is 0 Å². The maximum absolute atomic E-state index is 13.0. The highest BCUT2D eigenvalue weighted by molar-refractivity contribution is 5.89. The van der Waals surface area contributed by atoms with Crippen LogP contribution in [-0.2, 0) is 27.3 Å². The molecule has 2 aromatic carbocycles. The van der Waals surface area contributed by atoms with Gasteiger partial charge in [0.25, 0.3) is 5.91 Å². The lowest BCUT2D eigenvalue weighted by molar-refractivity contribution is -0.206. The van der Waals surface area contributed by atoms with E-state index in [9.17, 15) is 27.6 Å². The van der Waals surface area contributed by atoms with Gasteiger partial charge in [0.1, 0.15) is 0 Å². The number of benzene rings is 2. The van der Waals surface area contributed by atoms with Gasteiger partial charge in [-0.25, -0.2) is 9.59 Å². The Morgan fingerprint density at radius 2 is 1.85 bits per heavy atom. The Bertz CT molecular complexity index is 1210. The van der Waals surface area contributed by atoms with E-state index in [0.29, 0.717) is 16.5 Å². The minimum absolute atomic E-state index is 0.0705. The molecule has 4 N–H and O–H groups in total. The molecule has 0 aliphatic heterocycles. The molecule has 11 heteroatoms. The smallest absolute Gasteiger partial charge is 0.478 e. The monoisotopic (exact) mass is 463 g/mol. The molecule has 3 rings (SSSR count). The summed E-state index contributed by atoms with van der Waals surface area (Å²) in [6.45, 7) is -0.209. The number of ether oxygens (including phenoxy) is 1. The molecule has 1 amide bonds. The number of esters is 1. The highest BCUT2D eigenvalue weighted by Crippen LogP contribution is 2.24. The Hall–Kier alpha value is -4.02. The van der Waals surface area contributed by atoms with Crippen LogP contribution in [0.25, 0.3) is 10.9 Å². The summed E-state index contributed by atoms with van der Waals surface area (Å²) in [4.78, 5) is 39.7. The third kappa shape index (κ3) is 5.43. The standard InChI is InChI=1S/C22H20F3N3O5/c1-28(11-14-8-12(20(30)31)6-7-16(14)26)19(29)18(33-21(32)22(23,24)25)9-13-10-27-17-5-3-2-4-15(13)17/h2-8,10,18,27H,9,11,26H2,1H3,(H,30,31). The van der Waals surface area contributed by atoms with Gasteiger partial charge in [0, 0.05) is 42.8 Å². The number of nitrogen functional groups attached to an aromatic ring is 1. The number of carboxylic acid groups (broad SMARTS) is 1. The van der Waals surface area contributed by atoms with Crippen LogP contribution in [0.4, 0.5) is 18.9 Å². The average Bonchev–Trinajstić information content (AvgIpc) is 3.16. The van der Waals surface area contributed by atoms with Crippen molar-refractivity contribution in [2.24, 2.45) is 0 Å². The van der Waals surface area contributed by atoms with E-state index >= 15 is 0 Å². The maximum atomic E-state index is 13.0. The number of H-pyrrole nitrogens is 1. The highest BCUT2D eigenvalue weighted by Gasteiger charge is 2.44. The first kappa shape index (κ1) is 23.6. The first-order valence-electron chi connectivity index (χ1n) is 9.67. The van der Waals surface area contributed by atoms with Crippen molar-refractivity contribution in [3.05, 3.63) is 65.4 Å². The van der Waals surface area contributed by atoms with E-state index in [1.54, 1.807) is 24.3 Å². The number of halogens is 3. The fraction of sp³-hybridized carbons (Fsp3) is 0.227. The molecule has 33 heavy (non-hydrogen) atoms. The van der Waals surface area contributed by atoms with E-state index in [-0.39, 0.29) is 29.8 Å². The van der Waals surface area contributed by atoms with Crippen molar-refractivity contribution >= 4 is 34.4 Å². The molecular formula is C22H20F3N3O5. The van der Waals surface area contributed by atoms with Gasteiger partial charge in [-0.3, -0.25) is 4.79 Å².